The molecule has 2 aliphatic rings. The molecule has 0 fully saturated rings. The van der Waals surface area contributed by atoms with Crippen LogP contribution in [0.15, 0.2) is 77.7 Å². The largest absolute Gasteiger partial charge is 0.378 e. The van der Waals surface area contributed by atoms with E-state index in [-0.39, 0.29) is 22.8 Å². The van der Waals surface area contributed by atoms with Gasteiger partial charge in [-0.3, -0.25) is 4.72 Å². The van der Waals surface area contributed by atoms with Crippen molar-refractivity contribution in [1.82, 2.24) is 0 Å². The van der Waals surface area contributed by atoms with Gasteiger partial charge in [0.15, 0.2) is 0 Å². The fraction of sp³-hybridized carbons (Fsp3) is 0.231. The van der Waals surface area contributed by atoms with Crippen molar-refractivity contribution in [1.29, 1.82) is 0 Å². The van der Waals surface area contributed by atoms with Crippen LogP contribution in [0.4, 0.5) is 11.4 Å². The maximum absolute atomic E-state index is 13.1. The van der Waals surface area contributed by atoms with Gasteiger partial charge in [0.05, 0.1) is 10.9 Å². The van der Waals surface area contributed by atoms with Crippen LogP contribution in [-0.2, 0) is 10.0 Å². The van der Waals surface area contributed by atoms with Crippen molar-refractivity contribution in [3.63, 3.8) is 0 Å². The summed E-state index contributed by atoms with van der Waals surface area (Å²) in [6.45, 7) is 3.98. The van der Waals surface area contributed by atoms with E-state index in [1.54, 1.807) is 12.1 Å². The maximum Gasteiger partial charge on any atom is 0.261 e. The van der Waals surface area contributed by atoms with Gasteiger partial charge in [-0.05, 0) is 84.8 Å². The number of allylic oxidation sites excluding steroid dienone is 2. The van der Waals surface area contributed by atoms with Crippen LogP contribution < -0.4 is 10.0 Å². The minimum atomic E-state index is -3.70. The number of fused-ring (bicyclic) bond motifs is 3. The number of sulfonamides is 1. The lowest BCUT2D eigenvalue weighted by molar-refractivity contribution is 0.425. The molecule has 3 atom stereocenters. The zero-order valence-corrected chi connectivity index (χ0v) is 19.5. The summed E-state index contributed by atoms with van der Waals surface area (Å²) in [5.41, 5.74) is 5.78. The molecule has 0 saturated carbocycles. The van der Waals surface area contributed by atoms with Gasteiger partial charge in [0, 0.05) is 22.3 Å². The van der Waals surface area contributed by atoms with E-state index >= 15 is 0 Å². The van der Waals surface area contributed by atoms with Crippen LogP contribution in [-0.4, -0.2) is 8.42 Å². The van der Waals surface area contributed by atoms with Crippen LogP contribution in [0.5, 0.6) is 0 Å². The van der Waals surface area contributed by atoms with Crippen LogP contribution in [0.3, 0.4) is 0 Å². The highest BCUT2D eigenvalue weighted by Crippen LogP contribution is 2.51. The average Bonchev–Trinajstić information content (AvgIpc) is 3.26. The Morgan fingerprint density at radius 1 is 0.969 bits per heavy atom. The van der Waals surface area contributed by atoms with Crippen LogP contribution in [0, 0.1) is 19.8 Å². The van der Waals surface area contributed by atoms with Crippen LogP contribution >= 0.6 is 11.6 Å². The highest BCUT2D eigenvalue weighted by molar-refractivity contribution is 7.92. The zero-order valence-electron chi connectivity index (χ0n) is 18.0. The van der Waals surface area contributed by atoms with Crippen molar-refractivity contribution < 1.29 is 8.42 Å². The SMILES string of the molecule is Cc1ccc(NS(=O)(=O)c2ccc3c(c2)C2C=CCC2[C@@H](c2ccccc2Cl)N3)cc1C. The van der Waals surface area contributed by atoms with Gasteiger partial charge in [0.2, 0.25) is 0 Å². The minimum Gasteiger partial charge on any atom is -0.378 e. The van der Waals surface area contributed by atoms with Crippen molar-refractivity contribution in [3.05, 3.63) is 100 Å². The molecule has 6 heteroatoms. The van der Waals surface area contributed by atoms with E-state index in [2.05, 4.69) is 28.3 Å². The van der Waals surface area contributed by atoms with Crippen molar-refractivity contribution in [2.45, 2.75) is 37.1 Å². The summed E-state index contributed by atoms with van der Waals surface area (Å²) in [4.78, 5) is 0.270. The van der Waals surface area contributed by atoms with E-state index < -0.39 is 10.0 Å². The van der Waals surface area contributed by atoms with E-state index in [9.17, 15) is 8.42 Å². The first-order valence-corrected chi connectivity index (χ1v) is 12.6. The summed E-state index contributed by atoms with van der Waals surface area (Å²) in [5, 5.41) is 4.37. The fourth-order valence-corrected chi connectivity index (χ4v) is 6.13. The third kappa shape index (κ3) is 3.70. The summed E-state index contributed by atoms with van der Waals surface area (Å²) in [5.74, 6) is 0.428. The molecule has 0 radical (unpaired) electrons. The quantitative estimate of drug-likeness (QED) is 0.428. The summed E-state index contributed by atoms with van der Waals surface area (Å²) < 4.78 is 29.0. The molecular formula is C26H25ClN2O2S. The molecule has 0 saturated heterocycles. The highest BCUT2D eigenvalue weighted by Gasteiger charge is 2.39. The second-order valence-corrected chi connectivity index (χ2v) is 10.7. The molecule has 2 N–H and O–H groups in total. The summed E-state index contributed by atoms with van der Waals surface area (Å²) in [7, 11) is -3.70. The number of hydrogen-bond donors (Lipinski definition) is 2. The monoisotopic (exact) mass is 464 g/mol. The van der Waals surface area contributed by atoms with E-state index in [0.29, 0.717) is 5.69 Å². The lowest BCUT2D eigenvalue weighted by atomic mass is 9.77. The average molecular weight is 465 g/mol. The van der Waals surface area contributed by atoms with Gasteiger partial charge in [-0.2, -0.15) is 0 Å². The minimum absolute atomic E-state index is 0.0762. The number of aryl methyl sites for hydroxylation is 2. The molecule has 0 spiro atoms. The Bertz CT molecular complexity index is 1330. The van der Waals surface area contributed by atoms with Crippen LogP contribution in [0.1, 0.15) is 40.6 Å². The number of hydrogen-bond acceptors (Lipinski definition) is 3. The second kappa shape index (κ2) is 7.98. The van der Waals surface area contributed by atoms with Crippen molar-refractivity contribution in [2.24, 2.45) is 5.92 Å². The Morgan fingerprint density at radius 2 is 1.78 bits per heavy atom. The van der Waals surface area contributed by atoms with Gasteiger partial charge in [0.25, 0.3) is 10.0 Å². The molecule has 0 aromatic heterocycles. The smallest absolute Gasteiger partial charge is 0.261 e. The molecule has 0 amide bonds. The number of rotatable bonds is 4. The molecule has 0 bridgehead atoms. The van der Waals surface area contributed by atoms with Gasteiger partial charge < -0.3 is 5.32 Å². The molecule has 1 aliphatic carbocycles. The topological polar surface area (TPSA) is 58.2 Å². The molecular weight excluding hydrogens is 440 g/mol. The van der Waals surface area contributed by atoms with E-state index in [1.807, 2.05) is 56.3 Å². The summed E-state index contributed by atoms with van der Waals surface area (Å²) >= 11 is 6.51. The summed E-state index contributed by atoms with van der Waals surface area (Å²) in [6, 6.07) is 18.9. The maximum atomic E-state index is 13.1. The van der Waals surface area contributed by atoms with Crippen molar-refractivity contribution >= 4 is 33.0 Å². The lowest BCUT2D eigenvalue weighted by Gasteiger charge is -2.38. The normalized spacial score (nSPS) is 21.5. The van der Waals surface area contributed by atoms with Gasteiger partial charge in [-0.25, -0.2) is 8.42 Å². The van der Waals surface area contributed by atoms with Crippen LogP contribution in [0.25, 0.3) is 0 Å². The Morgan fingerprint density at radius 3 is 2.56 bits per heavy atom. The summed E-state index contributed by atoms with van der Waals surface area (Å²) in [6.07, 6.45) is 5.30. The molecule has 4 nitrogen and oxygen atoms in total. The number of halogens is 1. The number of nitrogens with one attached hydrogen (secondary N) is 2. The first kappa shape index (κ1) is 21.1. The third-order valence-corrected chi connectivity index (χ3v) is 8.37. The molecule has 1 aliphatic heterocycles. The lowest BCUT2D eigenvalue weighted by Crippen LogP contribution is -2.29. The molecule has 32 heavy (non-hydrogen) atoms. The number of anilines is 2. The molecule has 3 aromatic carbocycles. The van der Waals surface area contributed by atoms with Gasteiger partial charge in [0.1, 0.15) is 0 Å². The number of benzene rings is 3. The second-order valence-electron chi connectivity index (χ2n) is 8.65. The van der Waals surface area contributed by atoms with Crippen molar-refractivity contribution in [2.75, 3.05) is 10.0 Å². The molecule has 164 valence electrons. The van der Waals surface area contributed by atoms with Crippen LogP contribution in [0.2, 0.25) is 5.02 Å². The fourth-order valence-electron chi connectivity index (χ4n) is 4.79. The van der Waals surface area contributed by atoms with Crippen molar-refractivity contribution in [3.8, 4) is 0 Å². The predicted octanol–water partition coefficient (Wildman–Crippen LogP) is 6.58. The first-order valence-electron chi connectivity index (χ1n) is 10.7. The molecule has 5 rings (SSSR count). The van der Waals surface area contributed by atoms with Gasteiger partial charge >= 0.3 is 0 Å². The van der Waals surface area contributed by atoms with E-state index in [0.717, 1.165) is 39.4 Å². The van der Waals surface area contributed by atoms with E-state index in [4.69, 9.17) is 11.6 Å². The zero-order chi connectivity index (χ0) is 22.5. The highest BCUT2D eigenvalue weighted by atomic mass is 35.5. The van der Waals surface area contributed by atoms with Gasteiger partial charge in [-0.1, -0.05) is 48.0 Å². The predicted molar refractivity (Wildman–Crippen MR) is 131 cm³/mol. The Labute approximate surface area is 194 Å². The molecule has 3 aromatic rings. The van der Waals surface area contributed by atoms with Gasteiger partial charge in [-0.15, -0.1) is 0 Å². The standard InChI is InChI=1S/C26H25ClN2O2S/c1-16-10-11-18(14-17(16)2)29-32(30,31)19-12-13-25-23(15-19)20-7-5-8-21(20)26(28-25)22-6-3-4-9-24(22)27/h3-7,9-15,20-21,26,28-29H,8H2,1-2H3/t20?,21?,26-/m0/s1. The molecule has 2 unspecified atom stereocenters. The van der Waals surface area contributed by atoms with E-state index in [1.165, 1.54) is 0 Å². The third-order valence-electron chi connectivity index (χ3n) is 6.64. The Balaban J connectivity index is 1.49. The Hall–Kier alpha value is -2.76. The first-order chi connectivity index (χ1) is 15.3. The molecule has 1 heterocycles. The Kier molecular flexibility index (Phi) is 5.26.